The molecule has 3 heterocycles. The zero-order chi connectivity index (χ0) is 27.8. The Hall–Kier alpha value is -3.52. The topological polar surface area (TPSA) is 105 Å². The molecule has 38 heavy (non-hydrogen) atoms. The molecular weight excluding hydrogens is 533 g/mol. The third-order valence-corrected chi connectivity index (χ3v) is 8.25. The van der Waals surface area contributed by atoms with Gasteiger partial charge < -0.3 is 5.32 Å². The molecule has 3 atom stereocenters. The predicted molar refractivity (Wildman–Crippen MR) is 125 cm³/mol. The van der Waals surface area contributed by atoms with Crippen LogP contribution in [0.4, 0.5) is 22.0 Å². The maximum absolute atomic E-state index is 14.6. The molecule has 1 unspecified atom stereocenters. The Morgan fingerprint density at radius 3 is 2.34 bits per heavy atom. The average Bonchev–Trinajstić information content (AvgIpc) is 3.18. The van der Waals surface area contributed by atoms with Gasteiger partial charge in [-0.05, 0) is 55.3 Å². The number of benzene rings is 1. The van der Waals surface area contributed by atoms with Crippen molar-refractivity contribution in [1.82, 2.24) is 24.6 Å². The summed E-state index contributed by atoms with van der Waals surface area (Å²) in [5.74, 6) is -2.68. The number of sulfonamides is 1. The van der Waals surface area contributed by atoms with Crippen molar-refractivity contribution >= 4 is 15.9 Å². The van der Waals surface area contributed by atoms with Crippen LogP contribution in [0.5, 0.6) is 0 Å². The van der Waals surface area contributed by atoms with E-state index in [-0.39, 0.29) is 29.1 Å². The third kappa shape index (κ3) is 5.50. The van der Waals surface area contributed by atoms with E-state index < -0.39 is 52.0 Å². The number of nitrogens with zero attached hydrogens (tertiary/aromatic N) is 4. The molecule has 8 nitrogen and oxygen atoms in total. The highest BCUT2D eigenvalue weighted by Gasteiger charge is 2.49. The smallest absolute Gasteiger partial charge is 0.351 e. The van der Waals surface area contributed by atoms with Crippen molar-refractivity contribution in [2.45, 2.75) is 56.1 Å². The predicted octanol–water partition coefficient (Wildman–Crippen LogP) is 3.81. The number of carbonyl (C=O) groups excluding carboxylic acids is 1. The van der Waals surface area contributed by atoms with E-state index in [0.717, 1.165) is 41.0 Å². The fourth-order valence-electron chi connectivity index (χ4n) is 4.12. The number of rotatable bonds is 6. The minimum atomic E-state index is -4.69. The Morgan fingerprint density at radius 1 is 1.11 bits per heavy atom. The van der Waals surface area contributed by atoms with Crippen molar-refractivity contribution < 1.29 is 35.2 Å². The van der Waals surface area contributed by atoms with Gasteiger partial charge in [0.2, 0.25) is 21.8 Å². The summed E-state index contributed by atoms with van der Waals surface area (Å²) in [5.41, 5.74) is 1.65. The van der Waals surface area contributed by atoms with Crippen LogP contribution in [0.2, 0.25) is 0 Å². The molecule has 3 aromatic rings. The lowest BCUT2D eigenvalue weighted by molar-refractivity contribution is -0.145. The van der Waals surface area contributed by atoms with Gasteiger partial charge in [-0.1, -0.05) is 0 Å². The molecule has 202 valence electrons. The highest BCUT2D eigenvalue weighted by atomic mass is 32.2. The molecule has 0 bridgehead atoms. The maximum atomic E-state index is 14.6. The van der Waals surface area contributed by atoms with Crippen molar-refractivity contribution in [3.63, 3.8) is 0 Å². The zero-order valence-electron chi connectivity index (χ0n) is 20.1. The standard InChI is InChI=1S/C24H22F5N5O3S/c1-13-9-30-20(16-11-32-23(33-12-16)24(27,28)29)7-15(13)10-31-22(35)21-8-19(26)14(2)34(21)38(36,37)18-5-3-17(25)4-6-18/h3-7,9,11-12,14,19,21H,8,10H2,1-2H3,(H,31,35)/t14-,19?,21-/m0/s1. The Morgan fingerprint density at radius 2 is 1.74 bits per heavy atom. The molecule has 0 aliphatic carbocycles. The third-order valence-electron chi connectivity index (χ3n) is 6.24. The molecule has 0 saturated carbocycles. The number of aryl methyl sites for hydroxylation is 1. The minimum Gasteiger partial charge on any atom is -0.351 e. The number of alkyl halides is 4. The highest BCUT2D eigenvalue weighted by molar-refractivity contribution is 7.89. The first-order valence-electron chi connectivity index (χ1n) is 11.3. The molecule has 1 N–H and O–H groups in total. The first-order valence-corrected chi connectivity index (χ1v) is 12.8. The van der Waals surface area contributed by atoms with Gasteiger partial charge in [-0.2, -0.15) is 17.5 Å². The van der Waals surface area contributed by atoms with E-state index in [1.807, 2.05) is 0 Å². The maximum Gasteiger partial charge on any atom is 0.451 e. The summed E-state index contributed by atoms with van der Waals surface area (Å²) in [7, 11) is -4.32. The molecule has 1 amide bonds. The molecule has 1 aliphatic heterocycles. The SMILES string of the molecule is Cc1cnc(-c2cnc(C(F)(F)F)nc2)cc1CNC(=O)[C@@H]1CC(F)[C@H](C)N1S(=O)(=O)c1ccc(F)cc1. The van der Waals surface area contributed by atoms with E-state index >= 15 is 0 Å². The van der Waals surface area contributed by atoms with Crippen molar-refractivity contribution in [1.29, 1.82) is 0 Å². The van der Waals surface area contributed by atoms with Crippen LogP contribution < -0.4 is 5.32 Å². The van der Waals surface area contributed by atoms with Crippen LogP contribution in [0, 0.1) is 12.7 Å². The minimum absolute atomic E-state index is 0.0893. The summed E-state index contributed by atoms with van der Waals surface area (Å²) in [6.07, 6.45) is -3.24. The molecule has 1 fully saturated rings. The summed E-state index contributed by atoms with van der Waals surface area (Å²) in [4.78, 5) is 23.6. The Kier molecular flexibility index (Phi) is 7.48. The van der Waals surface area contributed by atoms with Crippen molar-refractivity contribution in [2.75, 3.05) is 0 Å². The van der Waals surface area contributed by atoms with Gasteiger partial charge >= 0.3 is 6.18 Å². The highest BCUT2D eigenvalue weighted by Crippen LogP contribution is 2.33. The quantitative estimate of drug-likeness (QED) is 0.464. The van der Waals surface area contributed by atoms with Crippen molar-refractivity contribution in [3.05, 3.63) is 71.7 Å². The van der Waals surface area contributed by atoms with Gasteiger partial charge in [0, 0.05) is 37.1 Å². The van der Waals surface area contributed by atoms with Crippen LogP contribution in [0.1, 0.15) is 30.3 Å². The molecule has 14 heteroatoms. The van der Waals surface area contributed by atoms with Crippen LogP contribution in [-0.4, -0.2) is 51.8 Å². The number of aromatic nitrogens is 3. The lowest BCUT2D eigenvalue weighted by atomic mass is 10.1. The summed E-state index contributed by atoms with van der Waals surface area (Å²) >= 11 is 0. The number of carbonyl (C=O) groups is 1. The first kappa shape index (κ1) is 27.5. The van der Waals surface area contributed by atoms with Gasteiger partial charge in [-0.15, -0.1) is 0 Å². The van der Waals surface area contributed by atoms with Gasteiger partial charge in [0.25, 0.3) is 0 Å². The normalized spacial score (nSPS) is 20.4. The van der Waals surface area contributed by atoms with Crippen LogP contribution in [0.3, 0.4) is 0 Å². The van der Waals surface area contributed by atoms with E-state index in [0.29, 0.717) is 11.1 Å². The second kappa shape index (κ2) is 10.3. The summed E-state index contributed by atoms with van der Waals surface area (Å²) in [6, 6.07) is 3.07. The van der Waals surface area contributed by atoms with Gasteiger partial charge in [-0.25, -0.2) is 27.2 Å². The summed E-state index contributed by atoms with van der Waals surface area (Å²) < 4.78 is 93.4. The largest absolute Gasteiger partial charge is 0.451 e. The van der Waals surface area contributed by atoms with E-state index in [1.54, 1.807) is 6.92 Å². The molecule has 2 aromatic heterocycles. The molecule has 1 aliphatic rings. The number of nitrogens with one attached hydrogen (secondary N) is 1. The van der Waals surface area contributed by atoms with Crippen molar-refractivity contribution in [3.8, 4) is 11.3 Å². The summed E-state index contributed by atoms with van der Waals surface area (Å²) in [6.45, 7) is 2.96. The zero-order valence-corrected chi connectivity index (χ0v) is 20.9. The Bertz CT molecular complexity index is 1430. The second-order valence-electron chi connectivity index (χ2n) is 8.80. The molecule has 1 saturated heterocycles. The van der Waals surface area contributed by atoms with Gasteiger partial charge in [0.15, 0.2) is 0 Å². The molecular formula is C24H22F5N5O3S. The van der Waals surface area contributed by atoms with Crippen LogP contribution in [0.15, 0.2) is 53.8 Å². The number of amides is 1. The number of hydrogen-bond donors (Lipinski definition) is 1. The van der Waals surface area contributed by atoms with Crippen LogP contribution in [-0.2, 0) is 27.5 Å². The van der Waals surface area contributed by atoms with E-state index in [4.69, 9.17) is 0 Å². The average molecular weight is 556 g/mol. The fraction of sp³-hybridized carbons (Fsp3) is 0.333. The monoisotopic (exact) mass is 555 g/mol. The Labute approximate surface area is 215 Å². The molecule has 1 aromatic carbocycles. The van der Waals surface area contributed by atoms with Crippen molar-refractivity contribution in [2.24, 2.45) is 0 Å². The molecule has 0 radical (unpaired) electrons. The van der Waals surface area contributed by atoms with E-state index in [1.165, 1.54) is 19.2 Å². The number of halogens is 5. The van der Waals surface area contributed by atoms with Crippen LogP contribution in [0.25, 0.3) is 11.3 Å². The second-order valence-corrected chi connectivity index (χ2v) is 10.6. The number of hydrogen-bond acceptors (Lipinski definition) is 6. The fourth-order valence-corrected chi connectivity index (χ4v) is 5.93. The van der Waals surface area contributed by atoms with Gasteiger partial charge in [0.1, 0.15) is 18.0 Å². The summed E-state index contributed by atoms with van der Waals surface area (Å²) in [5, 5.41) is 2.61. The molecule has 4 rings (SSSR count). The molecule has 0 spiro atoms. The number of pyridine rings is 1. The van der Waals surface area contributed by atoms with E-state index in [9.17, 15) is 35.2 Å². The Balaban J connectivity index is 1.53. The van der Waals surface area contributed by atoms with Gasteiger partial charge in [0.05, 0.1) is 16.6 Å². The van der Waals surface area contributed by atoms with E-state index in [2.05, 4.69) is 20.3 Å². The van der Waals surface area contributed by atoms with Crippen LogP contribution >= 0.6 is 0 Å². The first-order chi connectivity index (χ1) is 17.8. The lowest BCUT2D eigenvalue weighted by Gasteiger charge is -2.27. The van der Waals surface area contributed by atoms with Gasteiger partial charge in [-0.3, -0.25) is 9.78 Å². The lowest BCUT2D eigenvalue weighted by Crippen LogP contribution is -2.48.